The van der Waals surface area contributed by atoms with Crippen molar-refractivity contribution in [3.63, 3.8) is 0 Å². The maximum Gasteiger partial charge on any atom is 0.245 e. The van der Waals surface area contributed by atoms with Gasteiger partial charge in [-0.15, -0.1) is 0 Å². The number of benzene rings is 2. The Labute approximate surface area is 166 Å². The molecule has 7 heteroatoms. The van der Waals surface area contributed by atoms with Gasteiger partial charge < -0.3 is 24.3 Å². The average Bonchev–Trinajstić information content (AvgIpc) is 3.35. The van der Waals surface area contributed by atoms with Gasteiger partial charge in [0.1, 0.15) is 6.04 Å². The first-order valence-corrected chi connectivity index (χ1v) is 9.66. The number of para-hydroxylation sites is 1. The van der Waals surface area contributed by atoms with Crippen molar-refractivity contribution in [2.75, 3.05) is 20.4 Å². The molecule has 1 aromatic heterocycles. The molecule has 1 N–H and O–H groups in total. The van der Waals surface area contributed by atoms with E-state index in [9.17, 15) is 9.59 Å². The number of hydrogen-bond donors (Lipinski definition) is 1. The molecule has 7 nitrogen and oxygen atoms in total. The van der Waals surface area contributed by atoms with Gasteiger partial charge in [0.15, 0.2) is 11.5 Å². The number of H-pyrrole nitrogens is 1. The Balaban J connectivity index is 1.61. The number of aromatic amines is 1. The number of piperazine rings is 1. The molecule has 0 radical (unpaired) electrons. The highest BCUT2D eigenvalue weighted by atomic mass is 16.7. The van der Waals surface area contributed by atoms with Crippen LogP contribution < -0.4 is 9.47 Å². The van der Waals surface area contributed by atoms with Crippen LogP contribution in [0.5, 0.6) is 11.5 Å². The Kier molecular flexibility index (Phi) is 3.27. The number of fused-ring (bicyclic) bond motifs is 4. The third-order valence-electron chi connectivity index (χ3n) is 6.19. The molecular formula is C22H19N3O4. The van der Waals surface area contributed by atoms with E-state index in [0.29, 0.717) is 17.9 Å². The van der Waals surface area contributed by atoms with E-state index in [0.717, 1.165) is 27.6 Å². The Morgan fingerprint density at radius 1 is 1.07 bits per heavy atom. The zero-order chi connectivity index (χ0) is 19.7. The van der Waals surface area contributed by atoms with Gasteiger partial charge in [-0.2, -0.15) is 0 Å². The molecule has 3 aromatic rings. The van der Waals surface area contributed by atoms with Crippen molar-refractivity contribution >= 4 is 22.7 Å². The molecule has 0 saturated carbocycles. The zero-order valence-electron chi connectivity index (χ0n) is 15.8. The Hall–Kier alpha value is -3.48. The first kappa shape index (κ1) is 16.5. The number of amides is 2. The lowest BCUT2D eigenvalue weighted by atomic mass is 9.82. The second-order valence-electron chi connectivity index (χ2n) is 7.81. The quantitative estimate of drug-likeness (QED) is 0.693. The molecule has 3 aliphatic rings. The summed E-state index contributed by atoms with van der Waals surface area (Å²) in [4.78, 5) is 32.7. The summed E-state index contributed by atoms with van der Waals surface area (Å²) in [6.45, 7) is 0.276. The monoisotopic (exact) mass is 389 g/mol. The zero-order valence-corrected chi connectivity index (χ0v) is 15.8. The van der Waals surface area contributed by atoms with Gasteiger partial charge >= 0.3 is 0 Å². The molecule has 0 unspecified atom stereocenters. The van der Waals surface area contributed by atoms with Gasteiger partial charge in [0.25, 0.3) is 0 Å². The molecule has 0 bridgehead atoms. The fraction of sp³-hybridized carbons (Fsp3) is 0.273. The predicted molar refractivity (Wildman–Crippen MR) is 105 cm³/mol. The molecule has 3 aliphatic heterocycles. The minimum Gasteiger partial charge on any atom is -0.454 e. The number of nitrogens with one attached hydrogen (secondary N) is 1. The number of aromatic nitrogens is 1. The van der Waals surface area contributed by atoms with Gasteiger partial charge in [-0.3, -0.25) is 9.59 Å². The second-order valence-corrected chi connectivity index (χ2v) is 7.81. The van der Waals surface area contributed by atoms with E-state index in [-0.39, 0.29) is 31.2 Å². The van der Waals surface area contributed by atoms with Crippen LogP contribution in [0, 0.1) is 0 Å². The lowest BCUT2D eigenvalue weighted by molar-refractivity contribution is -0.157. The van der Waals surface area contributed by atoms with Gasteiger partial charge in [0.05, 0.1) is 12.6 Å². The van der Waals surface area contributed by atoms with Crippen molar-refractivity contribution in [1.29, 1.82) is 0 Å². The minimum absolute atomic E-state index is 0.0299. The summed E-state index contributed by atoms with van der Waals surface area (Å²) in [5, 5.41) is 1.04. The van der Waals surface area contributed by atoms with E-state index in [1.807, 2.05) is 42.6 Å². The normalized spacial score (nSPS) is 22.8. The van der Waals surface area contributed by atoms with Crippen LogP contribution in [0.3, 0.4) is 0 Å². The smallest absolute Gasteiger partial charge is 0.245 e. The lowest BCUT2D eigenvalue weighted by Gasteiger charge is -2.47. The molecule has 0 spiro atoms. The van der Waals surface area contributed by atoms with Crippen molar-refractivity contribution in [2.24, 2.45) is 0 Å². The summed E-state index contributed by atoms with van der Waals surface area (Å²) >= 11 is 0. The summed E-state index contributed by atoms with van der Waals surface area (Å²) in [7, 11) is 1.69. The molecule has 2 atom stereocenters. The van der Waals surface area contributed by atoms with Crippen LogP contribution >= 0.6 is 0 Å². The number of likely N-dealkylation sites (N-methyl/N-ethyl adjacent to an activating group) is 1. The molecule has 1 fully saturated rings. The molecule has 4 heterocycles. The Morgan fingerprint density at radius 2 is 1.86 bits per heavy atom. The summed E-state index contributed by atoms with van der Waals surface area (Å²) in [6.07, 6.45) is 2.42. The Morgan fingerprint density at radius 3 is 2.72 bits per heavy atom. The second kappa shape index (κ2) is 5.76. The van der Waals surface area contributed by atoms with Gasteiger partial charge in [-0.25, -0.2) is 0 Å². The third-order valence-corrected chi connectivity index (χ3v) is 6.19. The van der Waals surface area contributed by atoms with E-state index < -0.39 is 6.04 Å². The summed E-state index contributed by atoms with van der Waals surface area (Å²) < 4.78 is 11.2. The number of nitrogens with zero attached hydrogens (tertiary/aromatic N) is 2. The summed E-state index contributed by atoms with van der Waals surface area (Å²) in [5.41, 5.74) is 3.99. The highest BCUT2D eigenvalue weighted by Crippen LogP contribution is 2.46. The molecule has 146 valence electrons. The fourth-order valence-corrected chi connectivity index (χ4v) is 4.85. The van der Waals surface area contributed by atoms with Gasteiger partial charge in [0.2, 0.25) is 18.6 Å². The Bertz CT molecular complexity index is 1180. The maximum absolute atomic E-state index is 13.1. The molecular weight excluding hydrogens is 370 g/mol. The largest absolute Gasteiger partial charge is 0.454 e. The number of carbonyl (C=O) groups excluding carboxylic acids is 2. The van der Waals surface area contributed by atoms with Crippen molar-refractivity contribution < 1.29 is 19.1 Å². The van der Waals surface area contributed by atoms with Crippen molar-refractivity contribution in [2.45, 2.75) is 18.5 Å². The molecule has 2 aromatic carbocycles. The molecule has 29 heavy (non-hydrogen) atoms. The summed E-state index contributed by atoms with van der Waals surface area (Å²) in [6, 6.07) is 11.1. The topological polar surface area (TPSA) is 74.9 Å². The van der Waals surface area contributed by atoms with Crippen LogP contribution in [-0.2, 0) is 16.0 Å². The van der Waals surface area contributed by atoms with Crippen molar-refractivity contribution in [3.8, 4) is 11.5 Å². The van der Waals surface area contributed by atoms with E-state index in [4.69, 9.17) is 9.47 Å². The first-order valence-electron chi connectivity index (χ1n) is 9.66. The number of rotatable bonds is 1. The van der Waals surface area contributed by atoms with Crippen LogP contribution in [0.1, 0.15) is 22.7 Å². The average molecular weight is 389 g/mol. The highest BCUT2D eigenvalue weighted by molar-refractivity contribution is 5.97. The number of hydrogen-bond acceptors (Lipinski definition) is 4. The number of ether oxygens (including phenoxy) is 2. The highest BCUT2D eigenvalue weighted by Gasteiger charge is 2.47. The third kappa shape index (κ3) is 2.24. The van der Waals surface area contributed by atoms with Crippen LogP contribution in [0.25, 0.3) is 10.9 Å². The molecule has 6 rings (SSSR count). The predicted octanol–water partition coefficient (Wildman–Crippen LogP) is 2.21. The van der Waals surface area contributed by atoms with Crippen LogP contribution in [-0.4, -0.2) is 53.0 Å². The van der Waals surface area contributed by atoms with Gasteiger partial charge in [-0.1, -0.05) is 18.2 Å². The first-order chi connectivity index (χ1) is 14.1. The SMILES string of the molecule is CN1CC(=O)N2[C@H](c3c[nH]c4ccccc34)c3cc4c(cc3C[C@H]2C1=O)OCO4. The number of carbonyl (C=O) groups is 2. The van der Waals surface area contributed by atoms with Crippen molar-refractivity contribution in [3.05, 3.63) is 59.3 Å². The van der Waals surface area contributed by atoms with Crippen LogP contribution in [0.2, 0.25) is 0 Å². The summed E-state index contributed by atoms with van der Waals surface area (Å²) in [5.74, 6) is 1.30. The van der Waals surface area contributed by atoms with E-state index in [2.05, 4.69) is 4.98 Å². The van der Waals surface area contributed by atoms with Crippen molar-refractivity contribution in [1.82, 2.24) is 14.8 Å². The van der Waals surface area contributed by atoms with Gasteiger partial charge in [-0.05, 0) is 29.3 Å². The molecule has 1 saturated heterocycles. The molecule has 2 amide bonds. The van der Waals surface area contributed by atoms with Crippen LogP contribution in [0.4, 0.5) is 0 Å². The maximum atomic E-state index is 13.1. The molecule has 0 aliphatic carbocycles. The van der Waals surface area contributed by atoms with Crippen LogP contribution in [0.15, 0.2) is 42.6 Å². The lowest BCUT2D eigenvalue weighted by Crippen LogP contribution is -2.62. The van der Waals surface area contributed by atoms with E-state index in [1.54, 1.807) is 11.9 Å². The fourth-order valence-electron chi connectivity index (χ4n) is 4.85. The minimum atomic E-state index is -0.521. The van der Waals surface area contributed by atoms with E-state index in [1.165, 1.54) is 4.90 Å². The van der Waals surface area contributed by atoms with Gasteiger partial charge in [0, 0.05) is 36.1 Å². The standard InChI is InChI=1S/C22H19N3O4/c1-24-10-20(26)25-17(22(24)27)6-12-7-18-19(29-11-28-18)8-14(12)21(25)15-9-23-16-5-3-2-4-13(15)16/h2-5,7-9,17,21,23H,6,10-11H2,1H3/t17-,21-/m0/s1. The van der Waals surface area contributed by atoms with E-state index >= 15 is 0 Å².